The van der Waals surface area contributed by atoms with Crippen LogP contribution in [0, 0.1) is 6.92 Å². The Bertz CT molecular complexity index is 336. The third kappa shape index (κ3) is 3.36. The Kier molecular flexibility index (Phi) is 4.31. The van der Waals surface area contributed by atoms with Gasteiger partial charge in [-0.3, -0.25) is 4.79 Å². The van der Waals surface area contributed by atoms with Crippen LogP contribution in [-0.2, 0) is 4.79 Å². The fourth-order valence-corrected chi connectivity index (χ4v) is 1.38. The number of nitrogens with zero attached hydrogens (tertiary/aromatic N) is 1. The summed E-state index contributed by atoms with van der Waals surface area (Å²) >= 11 is 0. The average molecular weight is 206 g/mol. The minimum Gasteiger partial charge on any atom is -0.319 e. The second-order valence-corrected chi connectivity index (χ2v) is 3.65. The van der Waals surface area contributed by atoms with E-state index in [0.29, 0.717) is 6.42 Å². The summed E-state index contributed by atoms with van der Waals surface area (Å²) in [7, 11) is 3.66. The first-order valence-corrected chi connectivity index (χ1v) is 5.13. The van der Waals surface area contributed by atoms with Crippen LogP contribution in [0.25, 0.3) is 0 Å². The van der Waals surface area contributed by atoms with E-state index >= 15 is 0 Å². The van der Waals surface area contributed by atoms with Gasteiger partial charge in [-0.2, -0.15) is 0 Å². The van der Waals surface area contributed by atoms with Gasteiger partial charge in [-0.25, -0.2) is 0 Å². The van der Waals surface area contributed by atoms with Crippen LogP contribution in [0.3, 0.4) is 0 Å². The second-order valence-electron chi connectivity index (χ2n) is 3.65. The number of carbonyl (C=O) groups excluding carboxylic acids is 1. The molecule has 0 aromatic heterocycles. The predicted octanol–water partition coefficient (Wildman–Crippen LogP) is 1.57. The lowest BCUT2D eigenvalue weighted by Crippen LogP contribution is -2.28. The van der Waals surface area contributed by atoms with Gasteiger partial charge in [0.15, 0.2) is 0 Å². The Hall–Kier alpha value is -1.35. The van der Waals surface area contributed by atoms with Crippen LogP contribution in [0.15, 0.2) is 24.3 Å². The van der Waals surface area contributed by atoms with Gasteiger partial charge >= 0.3 is 0 Å². The lowest BCUT2D eigenvalue weighted by Gasteiger charge is -2.17. The lowest BCUT2D eigenvalue weighted by molar-refractivity contribution is -0.118. The predicted molar refractivity (Wildman–Crippen MR) is 63.1 cm³/mol. The molecule has 1 aromatic rings. The molecular weight excluding hydrogens is 188 g/mol. The lowest BCUT2D eigenvalue weighted by atomic mass is 10.2. The highest BCUT2D eigenvalue weighted by molar-refractivity contribution is 5.92. The molecule has 0 aliphatic rings. The highest BCUT2D eigenvalue weighted by atomic mass is 16.2. The first-order valence-electron chi connectivity index (χ1n) is 5.13. The Morgan fingerprint density at radius 3 is 2.80 bits per heavy atom. The minimum absolute atomic E-state index is 0.134. The molecule has 0 atom stereocenters. The number of benzene rings is 1. The summed E-state index contributed by atoms with van der Waals surface area (Å²) in [5, 5.41) is 2.97. The van der Waals surface area contributed by atoms with Crippen molar-refractivity contribution in [3.63, 3.8) is 0 Å². The molecule has 0 saturated heterocycles. The minimum atomic E-state index is 0.134. The molecule has 1 aromatic carbocycles. The van der Waals surface area contributed by atoms with Crippen molar-refractivity contribution in [3.05, 3.63) is 29.8 Å². The zero-order valence-electron chi connectivity index (χ0n) is 9.58. The van der Waals surface area contributed by atoms with Crippen LogP contribution in [0.1, 0.15) is 12.0 Å². The van der Waals surface area contributed by atoms with E-state index in [0.717, 1.165) is 12.2 Å². The molecular formula is C12H18N2O. The van der Waals surface area contributed by atoms with Crippen molar-refractivity contribution < 1.29 is 4.79 Å². The van der Waals surface area contributed by atoms with E-state index in [9.17, 15) is 4.79 Å². The summed E-state index contributed by atoms with van der Waals surface area (Å²) < 4.78 is 0. The first-order chi connectivity index (χ1) is 7.15. The van der Waals surface area contributed by atoms with E-state index in [-0.39, 0.29) is 5.91 Å². The number of carbonyl (C=O) groups is 1. The molecule has 3 heteroatoms. The van der Waals surface area contributed by atoms with Gasteiger partial charge in [0, 0.05) is 25.7 Å². The van der Waals surface area contributed by atoms with Crippen molar-refractivity contribution in [1.82, 2.24) is 5.32 Å². The van der Waals surface area contributed by atoms with Crippen molar-refractivity contribution in [2.45, 2.75) is 13.3 Å². The Labute approximate surface area is 91.1 Å². The van der Waals surface area contributed by atoms with Gasteiger partial charge in [0.1, 0.15) is 0 Å². The van der Waals surface area contributed by atoms with E-state index in [1.165, 1.54) is 5.56 Å². The average Bonchev–Trinajstić information content (AvgIpc) is 2.24. The van der Waals surface area contributed by atoms with Gasteiger partial charge in [-0.1, -0.05) is 12.1 Å². The highest BCUT2D eigenvalue weighted by Gasteiger charge is 2.09. The molecule has 1 rings (SSSR count). The summed E-state index contributed by atoms with van der Waals surface area (Å²) in [5.74, 6) is 0.134. The molecule has 15 heavy (non-hydrogen) atoms. The van der Waals surface area contributed by atoms with Crippen molar-refractivity contribution >= 4 is 11.6 Å². The van der Waals surface area contributed by atoms with E-state index in [4.69, 9.17) is 0 Å². The van der Waals surface area contributed by atoms with Gasteiger partial charge < -0.3 is 10.2 Å². The largest absolute Gasteiger partial charge is 0.319 e. The summed E-state index contributed by atoms with van der Waals surface area (Å²) in [5.41, 5.74) is 2.12. The molecule has 0 aliphatic heterocycles. The molecule has 1 N–H and O–H groups in total. The molecule has 0 radical (unpaired) electrons. The standard InChI is InChI=1S/C12H18N2O/c1-10-5-4-6-11(9-10)14(3)12(15)7-8-13-2/h4-6,9,13H,7-8H2,1-3H3. The highest BCUT2D eigenvalue weighted by Crippen LogP contribution is 2.14. The van der Waals surface area contributed by atoms with Crippen molar-refractivity contribution in [2.24, 2.45) is 0 Å². The topological polar surface area (TPSA) is 32.3 Å². The third-order valence-corrected chi connectivity index (χ3v) is 2.35. The maximum Gasteiger partial charge on any atom is 0.227 e. The molecule has 0 spiro atoms. The van der Waals surface area contributed by atoms with E-state index < -0.39 is 0 Å². The number of nitrogens with one attached hydrogen (secondary N) is 1. The van der Waals surface area contributed by atoms with Crippen LogP contribution < -0.4 is 10.2 Å². The van der Waals surface area contributed by atoms with Crippen molar-refractivity contribution in [2.75, 3.05) is 25.5 Å². The molecule has 0 heterocycles. The van der Waals surface area contributed by atoms with Gasteiger partial charge in [0.25, 0.3) is 0 Å². The zero-order valence-corrected chi connectivity index (χ0v) is 9.58. The fraction of sp³-hybridized carbons (Fsp3) is 0.417. The smallest absolute Gasteiger partial charge is 0.227 e. The number of anilines is 1. The number of hydrogen-bond acceptors (Lipinski definition) is 2. The summed E-state index contributed by atoms with van der Waals surface area (Å²) in [6.07, 6.45) is 0.529. The summed E-state index contributed by atoms with van der Waals surface area (Å²) in [6, 6.07) is 7.95. The van der Waals surface area contributed by atoms with Crippen LogP contribution in [-0.4, -0.2) is 26.5 Å². The monoisotopic (exact) mass is 206 g/mol. The second kappa shape index (κ2) is 5.51. The van der Waals surface area contributed by atoms with E-state index in [1.807, 2.05) is 45.3 Å². The molecule has 0 aliphatic carbocycles. The molecule has 0 saturated carbocycles. The number of aryl methyl sites for hydroxylation is 1. The Balaban J connectivity index is 2.67. The molecule has 3 nitrogen and oxygen atoms in total. The van der Waals surface area contributed by atoms with Crippen LogP contribution in [0.4, 0.5) is 5.69 Å². The fourth-order valence-electron chi connectivity index (χ4n) is 1.38. The zero-order chi connectivity index (χ0) is 11.3. The van der Waals surface area contributed by atoms with Crippen LogP contribution in [0.5, 0.6) is 0 Å². The van der Waals surface area contributed by atoms with Crippen LogP contribution in [0.2, 0.25) is 0 Å². The number of hydrogen-bond donors (Lipinski definition) is 1. The van der Waals surface area contributed by atoms with Crippen molar-refractivity contribution in [3.8, 4) is 0 Å². The van der Waals surface area contributed by atoms with E-state index in [2.05, 4.69) is 5.32 Å². The Morgan fingerprint density at radius 1 is 1.47 bits per heavy atom. The quantitative estimate of drug-likeness (QED) is 0.811. The molecule has 0 bridgehead atoms. The number of amides is 1. The maximum absolute atomic E-state index is 11.7. The van der Waals surface area contributed by atoms with Gasteiger partial charge in [-0.15, -0.1) is 0 Å². The SMILES string of the molecule is CNCCC(=O)N(C)c1cccc(C)c1. The van der Waals surface area contributed by atoms with Crippen LogP contribution >= 0.6 is 0 Å². The summed E-state index contributed by atoms with van der Waals surface area (Å²) in [6.45, 7) is 2.74. The summed E-state index contributed by atoms with van der Waals surface area (Å²) in [4.78, 5) is 13.4. The van der Waals surface area contributed by atoms with Gasteiger partial charge in [-0.05, 0) is 31.7 Å². The maximum atomic E-state index is 11.7. The molecule has 1 amide bonds. The molecule has 82 valence electrons. The third-order valence-electron chi connectivity index (χ3n) is 2.35. The first kappa shape index (κ1) is 11.7. The Morgan fingerprint density at radius 2 is 2.20 bits per heavy atom. The normalized spacial score (nSPS) is 10.1. The van der Waals surface area contributed by atoms with Crippen molar-refractivity contribution in [1.29, 1.82) is 0 Å². The van der Waals surface area contributed by atoms with Gasteiger partial charge in [0.2, 0.25) is 5.91 Å². The molecule has 0 fully saturated rings. The molecule has 0 unspecified atom stereocenters. The van der Waals surface area contributed by atoms with Gasteiger partial charge in [0.05, 0.1) is 0 Å². The number of rotatable bonds is 4. The van der Waals surface area contributed by atoms with E-state index in [1.54, 1.807) is 4.90 Å².